The molecule has 106 valence electrons. The maximum Gasteiger partial charge on any atom is 0.324 e. The van der Waals surface area contributed by atoms with Gasteiger partial charge in [0.2, 0.25) is 10.0 Å². The summed E-state index contributed by atoms with van der Waals surface area (Å²) in [5, 5.41) is 9.24. The molecule has 0 atom stereocenters. The van der Waals surface area contributed by atoms with Gasteiger partial charge in [0.1, 0.15) is 5.54 Å². The van der Waals surface area contributed by atoms with E-state index in [2.05, 4.69) is 20.7 Å². The summed E-state index contributed by atoms with van der Waals surface area (Å²) in [5.74, 6) is -1.17. The van der Waals surface area contributed by atoms with Crippen LogP contribution in [0.25, 0.3) is 0 Å². The molecule has 2 N–H and O–H groups in total. The molecule has 0 aliphatic heterocycles. The molecule has 0 saturated carbocycles. The molecule has 0 radical (unpaired) electrons. The van der Waals surface area contributed by atoms with E-state index in [-0.39, 0.29) is 17.7 Å². The average Bonchev–Trinajstić information content (AvgIpc) is 2.36. The number of hydrogen-bond donors (Lipinski definition) is 2. The van der Waals surface area contributed by atoms with Crippen molar-refractivity contribution in [1.82, 2.24) is 4.72 Å². The van der Waals surface area contributed by atoms with Crippen LogP contribution >= 0.6 is 15.9 Å². The maximum absolute atomic E-state index is 12.2. The quantitative estimate of drug-likeness (QED) is 0.825. The summed E-state index contributed by atoms with van der Waals surface area (Å²) < 4.78 is 27.4. The fraction of sp³-hybridized carbons (Fsp3) is 0.417. The molecule has 0 unspecified atom stereocenters. The normalized spacial score (nSPS) is 12.4. The molecule has 1 aromatic carbocycles. The Morgan fingerprint density at radius 3 is 2.11 bits per heavy atom. The Balaban J connectivity index is 3.14. The third-order valence-electron chi connectivity index (χ3n) is 3.07. The van der Waals surface area contributed by atoms with E-state index in [9.17, 15) is 18.3 Å². The van der Waals surface area contributed by atoms with Crippen LogP contribution in [0.3, 0.4) is 0 Å². The topological polar surface area (TPSA) is 83.5 Å². The zero-order chi connectivity index (χ0) is 14.7. The lowest BCUT2D eigenvalue weighted by atomic mass is 9.95. The largest absolute Gasteiger partial charge is 0.480 e. The SMILES string of the molecule is CCC(CC)(NS(=O)(=O)c1ccc(Br)cc1)C(=O)O. The minimum atomic E-state index is -3.86. The smallest absolute Gasteiger partial charge is 0.324 e. The third kappa shape index (κ3) is 3.55. The van der Waals surface area contributed by atoms with E-state index in [1.807, 2.05) is 0 Å². The average molecular weight is 350 g/mol. The first kappa shape index (κ1) is 16.1. The van der Waals surface area contributed by atoms with Gasteiger partial charge in [0.25, 0.3) is 0 Å². The molecule has 7 heteroatoms. The molecular weight excluding hydrogens is 334 g/mol. The van der Waals surface area contributed by atoms with Crippen molar-refractivity contribution < 1.29 is 18.3 Å². The molecule has 5 nitrogen and oxygen atoms in total. The van der Waals surface area contributed by atoms with Crippen LogP contribution in [0.15, 0.2) is 33.6 Å². The predicted molar refractivity (Wildman–Crippen MR) is 75.4 cm³/mol. The fourth-order valence-electron chi connectivity index (χ4n) is 1.67. The van der Waals surface area contributed by atoms with Crippen molar-refractivity contribution in [3.05, 3.63) is 28.7 Å². The van der Waals surface area contributed by atoms with Crippen LogP contribution in [0, 0.1) is 0 Å². The Bertz CT molecular complexity index is 550. The number of rotatable bonds is 6. The van der Waals surface area contributed by atoms with Crippen molar-refractivity contribution in [2.24, 2.45) is 0 Å². The second-order valence-corrected chi connectivity index (χ2v) is 6.75. The van der Waals surface area contributed by atoms with Gasteiger partial charge in [-0.25, -0.2) is 8.42 Å². The lowest BCUT2D eigenvalue weighted by molar-refractivity contribution is -0.144. The molecular formula is C12H16BrNO4S. The molecule has 0 amide bonds. The van der Waals surface area contributed by atoms with E-state index < -0.39 is 21.5 Å². The summed E-state index contributed by atoms with van der Waals surface area (Å²) >= 11 is 3.21. The monoisotopic (exact) mass is 349 g/mol. The molecule has 0 aliphatic rings. The van der Waals surface area contributed by atoms with Gasteiger partial charge in [-0.1, -0.05) is 29.8 Å². The minimum Gasteiger partial charge on any atom is -0.480 e. The number of hydrogen-bond acceptors (Lipinski definition) is 3. The van der Waals surface area contributed by atoms with Crippen LogP contribution in [-0.2, 0) is 14.8 Å². The molecule has 0 heterocycles. The summed E-state index contributed by atoms with van der Waals surface area (Å²) in [5.41, 5.74) is -1.47. The number of halogens is 1. The van der Waals surface area contributed by atoms with Gasteiger partial charge in [-0.15, -0.1) is 0 Å². The summed E-state index contributed by atoms with van der Waals surface area (Å²) in [6, 6.07) is 6.03. The standard InChI is InChI=1S/C12H16BrNO4S/c1-3-12(4-2,11(15)16)14-19(17,18)10-7-5-9(13)6-8-10/h5-8,14H,3-4H2,1-2H3,(H,15,16). The lowest BCUT2D eigenvalue weighted by Gasteiger charge is -2.27. The van der Waals surface area contributed by atoms with Crippen LogP contribution in [0.1, 0.15) is 26.7 Å². The zero-order valence-corrected chi connectivity index (χ0v) is 13.1. The van der Waals surface area contributed by atoms with Gasteiger partial charge in [-0.2, -0.15) is 4.72 Å². The van der Waals surface area contributed by atoms with Crippen LogP contribution < -0.4 is 4.72 Å². The summed E-state index contributed by atoms with van der Waals surface area (Å²) in [7, 11) is -3.86. The first-order valence-corrected chi connectivity index (χ1v) is 8.08. The number of sulfonamides is 1. The van der Waals surface area contributed by atoms with Crippen molar-refractivity contribution in [3.8, 4) is 0 Å². The van der Waals surface area contributed by atoms with Crippen molar-refractivity contribution in [2.75, 3.05) is 0 Å². The van der Waals surface area contributed by atoms with Gasteiger partial charge in [0, 0.05) is 4.47 Å². The highest BCUT2D eigenvalue weighted by Crippen LogP contribution is 2.21. The molecule has 0 spiro atoms. The molecule has 0 bridgehead atoms. The van der Waals surface area contributed by atoms with E-state index in [4.69, 9.17) is 0 Å². The summed E-state index contributed by atoms with van der Waals surface area (Å²) in [4.78, 5) is 11.4. The Labute approximate surface area is 121 Å². The maximum atomic E-state index is 12.2. The molecule has 1 aromatic rings. The Hall–Kier alpha value is -0.920. The van der Waals surface area contributed by atoms with Crippen LogP contribution in [-0.4, -0.2) is 25.0 Å². The Kier molecular flexibility index (Phi) is 5.11. The number of aliphatic carboxylic acids is 1. The van der Waals surface area contributed by atoms with E-state index in [0.29, 0.717) is 0 Å². The van der Waals surface area contributed by atoms with Gasteiger partial charge in [0.05, 0.1) is 4.90 Å². The molecule has 0 aromatic heterocycles. The van der Waals surface area contributed by atoms with Crippen LogP contribution in [0.2, 0.25) is 0 Å². The fourth-order valence-corrected chi connectivity index (χ4v) is 3.44. The molecule has 1 rings (SSSR count). The van der Waals surface area contributed by atoms with Gasteiger partial charge >= 0.3 is 5.97 Å². The number of nitrogens with one attached hydrogen (secondary N) is 1. The Morgan fingerprint density at radius 2 is 1.74 bits per heavy atom. The molecule has 0 aliphatic carbocycles. The number of benzene rings is 1. The van der Waals surface area contributed by atoms with Crippen LogP contribution in [0.4, 0.5) is 0 Å². The molecule has 19 heavy (non-hydrogen) atoms. The van der Waals surface area contributed by atoms with Crippen LogP contribution in [0.5, 0.6) is 0 Å². The number of carboxylic acids is 1. The first-order valence-electron chi connectivity index (χ1n) is 5.80. The van der Waals surface area contributed by atoms with E-state index in [1.54, 1.807) is 26.0 Å². The third-order valence-corrected chi connectivity index (χ3v) is 5.15. The summed E-state index contributed by atoms with van der Waals surface area (Å²) in [6.07, 6.45) is 0.350. The van der Waals surface area contributed by atoms with E-state index in [1.165, 1.54) is 12.1 Å². The predicted octanol–water partition coefficient (Wildman–Crippen LogP) is 2.37. The second kappa shape index (κ2) is 6.02. The van der Waals surface area contributed by atoms with Crippen molar-refractivity contribution in [3.63, 3.8) is 0 Å². The first-order chi connectivity index (χ1) is 8.77. The van der Waals surface area contributed by atoms with Gasteiger partial charge in [0.15, 0.2) is 0 Å². The Morgan fingerprint density at radius 1 is 1.26 bits per heavy atom. The molecule has 0 saturated heterocycles. The van der Waals surface area contributed by atoms with Crippen molar-refractivity contribution in [1.29, 1.82) is 0 Å². The highest BCUT2D eigenvalue weighted by Gasteiger charge is 2.39. The second-order valence-electron chi connectivity index (χ2n) is 4.15. The lowest BCUT2D eigenvalue weighted by Crippen LogP contribution is -2.53. The number of carbonyl (C=O) groups is 1. The van der Waals surface area contributed by atoms with E-state index >= 15 is 0 Å². The summed E-state index contributed by atoms with van der Waals surface area (Å²) in [6.45, 7) is 3.28. The molecule has 0 fully saturated rings. The van der Waals surface area contributed by atoms with E-state index in [0.717, 1.165) is 4.47 Å². The van der Waals surface area contributed by atoms with Gasteiger partial charge < -0.3 is 5.11 Å². The van der Waals surface area contributed by atoms with Gasteiger partial charge in [-0.3, -0.25) is 4.79 Å². The minimum absolute atomic E-state index is 0.0447. The highest BCUT2D eigenvalue weighted by atomic mass is 79.9. The van der Waals surface area contributed by atoms with Crippen molar-refractivity contribution >= 4 is 31.9 Å². The number of carboxylic acid groups (broad SMARTS) is 1. The highest BCUT2D eigenvalue weighted by molar-refractivity contribution is 9.10. The van der Waals surface area contributed by atoms with Gasteiger partial charge in [-0.05, 0) is 37.1 Å². The zero-order valence-electron chi connectivity index (χ0n) is 10.7. The van der Waals surface area contributed by atoms with Crippen molar-refractivity contribution in [2.45, 2.75) is 37.1 Å².